The van der Waals surface area contributed by atoms with Gasteiger partial charge in [-0.1, -0.05) is 29.3 Å². The van der Waals surface area contributed by atoms with Gasteiger partial charge in [-0.3, -0.25) is 19.3 Å². The molecule has 2 heterocycles. The van der Waals surface area contributed by atoms with Gasteiger partial charge in [0.05, 0.1) is 15.1 Å². The van der Waals surface area contributed by atoms with Crippen LogP contribution < -0.4 is 9.47 Å². The summed E-state index contributed by atoms with van der Waals surface area (Å²) < 4.78 is 12.6. The van der Waals surface area contributed by atoms with Crippen molar-refractivity contribution < 1.29 is 23.9 Å². The van der Waals surface area contributed by atoms with E-state index in [0.717, 1.165) is 38.6 Å². The average Bonchev–Trinajstić information content (AvgIpc) is 3.45. The van der Waals surface area contributed by atoms with Gasteiger partial charge in [0.25, 0.3) is 11.1 Å². The summed E-state index contributed by atoms with van der Waals surface area (Å²) in [4.78, 5) is 40.8. The Hall–Kier alpha value is -1.95. The maximum Gasteiger partial charge on any atom is 0.294 e. The van der Waals surface area contributed by atoms with Crippen LogP contribution in [0.25, 0.3) is 6.08 Å². The topological polar surface area (TPSA) is 76.2 Å². The lowest BCUT2D eigenvalue weighted by atomic mass is 10.1. The second kappa shape index (κ2) is 12.1. The number of halogens is 3. The van der Waals surface area contributed by atoms with E-state index in [2.05, 4.69) is 22.6 Å². The molecule has 11 heteroatoms. The number of hydrogen-bond acceptors (Lipinski definition) is 6. The predicted molar refractivity (Wildman–Crippen MR) is 150 cm³/mol. The molecular weight excluding hydrogens is 638 g/mol. The number of nitrogens with zero attached hydrogens (tertiary/aromatic N) is 2. The zero-order valence-electron chi connectivity index (χ0n) is 19.4. The molecule has 0 bridgehead atoms. The highest BCUT2D eigenvalue weighted by molar-refractivity contribution is 14.1. The number of rotatable bonds is 8. The molecule has 0 aliphatic carbocycles. The summed E-state index contributed by atoms with van der Waals surface area (Å²) in [5, 5.41) is 0.604. The summed E-state index contributed by atoms with van der Waals surface area (Å²) in [7, 11) is 0. The zero-order valence-corrected chi connectivity index (χ0v) is 23.9. The van der Waals surface area contributed by atoms with Crippen molar-refractivity contribution in [1.82, 2.24) is 9.80 Å². The van der Waals surface area contributed by atoms with E-state index in [1.54, 1.807) is 35.2 Å². The molecule has 2 aromatic carbocycles. The molecule has 190 valence electrons. The van der Waals surface area contributed by atoms with Crippen molar-refractivity contribution in [3.05, 3.63) is 60.0 Å². The molecule has 2 aliphatic rings. The van der Waals surface area contributed by atoms with E-state index in [0.29, 0.717) is 46.8 Å². The van der Waals surface area contributed by atoms with E-state index in [4.69, 9.17) is 32.7 Å². The summed E-state index contributed by atoms with van der Waals surface area (Å²) in [5.74, 6) is 0.379. The molecule has 2 aromatic rings. The number of hydrogen-bond donors (Lipinski definition) is 0. The van der Waals surface area contributed by atoms with Crippen molar-refractivity contribution in [3.8, 4) is 11.5 Å². The Labute approximate surface area is 237 Å². The number of ether oxygens (including phenoxy) is 2. The third-order valence-corrected chi connectivity index (χ3v) is 7.94. The first-order chi connectivity index (χ1) is 17.3. The molecule has 0 N–H and O–H groups in total. The fraction of sp³-hybridized carbons (Fsp3) is 0.320. The van der Waals surface area contributed by atoms with Crippen LogP contribution in [0.2, 0.25) is 10.0 Å². The van der Waals surface area contributed by atoms with Gasteiger partial charge in [0, 0.05) is 28.7 Å². The summed E-state index contributed by atoms with van der Waals surface area (Å²) in [6, 6.07) is 8.80. The van der Waals surface area contributed by atoms with Gasteiger partial charge in [0.15, 0.2) is 11.5 Å². The van der Waals surface area contributed by atoms with Gasteiger partial charge in [-0.15, -0.1) is 0 Å². The second-order valence-corrected chi connectivity index (χ2v) is 11.1. The normalized spacial score (nSPS) is 16.8. The van der Waals surface area contributed by atoms with E-state index >= 15 is 0 Å². The first-order valence-electron chi connectivity index (χ1n) is 11.3. The lowest BCUT2D eigenvalue weighted by Crippen LogP contribution is -2.40. The number of likely N-dealkylation sites (tertiary alicyclic amines) is 1. The molecule has 3 amide bonds. The summed E-state index contributed by atoms with van der Waals surface area (Å²) in [5.41, 5.74) is 1.46. The first-order valence-corrected chi connectivity index (χ1v) is 14.0. The van der Waals surface area contributed by atoms with Crippen LogP contribution >= 0.6 is 57.6 Å². The lowest BCUT2D eigenvalue weighted by Gasteiger charge is -2.18. The summed E-state index contributed by atoms with van der Waals surface area (Å²) in [6.07, 6.45) is 3.53. The van der Waals surface area contributed by atoms with Crippen LogP contribution in [-0.4, -0.2) is 53.1 Å². The molecule has 2 saturated heterocycles. The SMILES string of the molecule is CCOc1cc(/C=C2\SC(=O)N(CC(=O)N3CCCC3)C2=O)cc(I)c1OCc1ccc(Cl)cc1Cl. The Morgan fingerprint density at radius 3 is 2.58 bits per heavy atom. The second-order valence-electron chi connectivity index (χ2n) is 8.14. The van der Waals surface area contributed by atoms with Crippen molar-refractivity contribution in [1.29, 1.82) is 0 Å². The zero-order chi connectivity index (χ0) is 25.8. The van der Waals surface area contributed by atoms with Gasteiger partial charge in [0.2, 0.25) is 5.91 Å². The van der Waals surface area contributed by atoms with Crippen molar-refractivity contribution in [2.24, 2.45) is 0 Å². The van der Waals surface area contributed by atoms with Crippen LogP contribution in [0.5, 0.6) is 11.5 Å². The third kappa shape index (κ3) is 6.30. The average molecular weight is 661 g/mol. The Kier molecular flexibility index (Phi) is 9.08. The number of thioether (sulfide) groups is 1. The maximum absolute atomic E-state index is 12.9. The minimum absolute atomic E-state index is 0.202. The molecule has 0 saturated carbocycles. The van der Waals surface area contributed by atoms with E-state index in [-0.39, 0.29) is 24.0 Å². The number of amides is 3. The van der Waals surface area contributed by atoms with Crippen molar-refractivity contribution in [2.75, 3.05) is 26.2 Å². The standard InChI is InChI=1S/C25H23Cl2IN2O5S/c1-2-34-20-10-15(9-19(28)23(20)35-14-16-5-6-17(26)12-18(16)27)11-21-24(32)30(25(33)36-21)13-22(31)29-7-3-4-8-29/h5-6,9-12H,2-4,7-8,13-14H2,1H3/b21-11-. The molecule has 0 spiro atoms. The molecule has 0 atom stereocenters. The Morgan fingerprint density at radius 2 is 1.89 bits per heavy atom. The van der Waals surface area contributed by atoms with Gasteiger partial charge in [-0.05, 0) is 90.0 Å². The lowest BCUT2D eigenvalue weighted by molar-refractivity contribution is -0.135. The highest BCUT2D eigenvalue weighted by atomic mass is 127. The monoisotopic (exact) mass is 660 g/mol. The van der Waals surface area contributed by atoms with Crippen LogP contribution in [0.3, 0.4) is 0 Å². The molecule has 0 aromatic heterocycles. The predicted octanol–water partition coefficient (Wildman–Crippen LogP) is 6.23. The minimum atomic E-state index is -0.469. The van der Waals surface area contributed by atoms with E-state index < -0.39 is 11.1 Å². The van der Waals surface area contributed by atoms with E-state index in [9.17, 15) is 14.4 Å². The molecule has 7 nitrogen and oxygen atoms in total. The van der Waals surface area contributed by atoms with Crippen LogP contribution in [0, 0.1) is 3.57 Å². The molecule has 2 aliphatic heterocycles. The van der Waals surface area contributed by atoms with Gasteiger partial charge in [0.1, 0.15) is 13.2 Å². The van der Waals surface area contributed by atoms with Crippen molar-refractivity contribution in [3.63, 3.8) is 0 Å². The fourth-order valence-corrected chi connectivity index (χ4v) is 5.93. The van der Waals surface area contributed by atoms with Gasteiger partial charge in [-0.2, -0.15) is 0 Å². The van der Waals surface area contributed by atoms with Crippen molar-refractivity contribution in [2.45, 2.75) is 26.4 Å². The maximum atomic E-state index is 12.9. The minimum Gasteiger partial charge on any atom is -0.490 e. The highest BCUT2D eigenvalue weighted by Gasteiger charge is 2.37. The van der Waals surface area contributed by atoms with Crippen LogP contribution in [0.1, 0.15) is 30.9 Å². The number of imide groups is 1. The number of benzene rings is 2. The highest BCUT2D eigenvalue weighted by Crippen LogP contribution is 2.38. The Bertz CT molecular complexity index is 1230. The van der Waals surface area contributed by atoms with Crippen LogP contribution in [-0.2, 0) is 16.2 Å². The van der Waals surface area contributed by atoms with Gasteiger partial charge < -0.3 is 14.4 Å². The van der Waals surface area contributed by atoms with Gasteiger partial charge >= 0.3 is 0 Å². The molecule has 2 fully saturated rings. The molecule has 4 rings (SSSR count). The van der Waals surface area contributed by atoms with Crippen molar-refractivity contribution >= 4 is 80.7 Å². The Morgan fingerprint density at radius 1 is 1.14 bits per heavy atom. The van der Waals surface area contributed by atoms with Crippen LogP contribution in [0.4, 0.5) is 4.79 Å². The van der Waals surface area contributed by atoms with Gasteiger partial charge in [-0.25, -0.2) is 0 Å². The summed E-state index contributed by atoms with van der Waals surface area (Å²) in [6.45, 7) is 3.60. The smallest absolute Gasteiger partial charge is 0.294 e. The number of carbonyl (C=O) groups excluding carboxylic acids is 3. The first kappa shape index (κ1) is 27.1. The molecular formula is C25H23Cl2IN2O5S. The van der Waals surface area contributed by atoms with Crippen LogP contribution in [0.15, 0.2) is 35.2 Å². The van der Waals surface area contributed by atoms with E-state index in [1.165, 1.54) is 0 Å². The molecule has 0 unspecified atom stereocenters. The quantitative estimate of drug-likeness (QED) is 0.247. The third-order valence-electron chi connectivity index (χ3n) is 5.64. The summed E-state index contributed by atoms with van der Waals surface area (Å²) >= 11 is 15.2. The largest absolute Gasteiger partial charge is 0.490 e. The fourth-order valence-electron chi connectivity index (χ4n) is 3.85. The molecule has 36 heavy (non-hydrogen) atoms. The molecule has 0 radical (unpaired) electrons. The van der Waals surface area contributed by atoms with E-state index in [1.807, 2.05) is 13.0 Å². The Balaban J connectivity index is 1.52. The number of carbonyl (C=O) groups is 3.